The van der Waals surface area contributed by atoms with Gasteiger partial charge in [0, 0.05) is 78.5 Å². The van der Waals surface area contributed by atoms with Crippen LogP contribution in [0.15, 0.2) is 60.8 Å². The molecule has 0 radical (unpaired) electrons. The smallest absolute Gasteiger partial charge is 0.254 e. The molecule has 8 rings (SSSR count). The second kappa shape index (κ2) is 12.5. The van der Waals surface area contributed by atoms with E-state index < -0.39 is 0 Å². The first-order valence-electron chi connectivity index (χ1n) is 17.4. The highest BCUT2D eigenvalue weighted by Gasteiger charge is 2.39. The van der Waals surface area contributed by atoms with E-state index in [1.807, 2.05) is 41.1 Å². The molecule has 11 heteroatoms. The fourth-order valence-electron chi connectivity index (χ4n) is 7.79. The molecular weight excluding hydrogens is 638 g/mol. The zero-order valence-electron chi connectivity index (χ0n) is 28.2. The maximum Gasteiger partial charge on any atom is 0.254 e. The standard InChI is InChI=1S/C38H42ClN7O3/c1-4-25-21-44(22(2)33(25)40)38(48)28-14-30-34(32(16-28)49-3)46(20-24-17-43(18-24)37(47)27-7-5-9-29(39)13-27)36(42-30)31-15-26-8-6-12-41-35(26)45(31)19-23-10-11-23/h5-9,12-16,22-25,33H,4,10-11,17-21,40H2,1-3H3. The summed E-state index contributed by atoms with van der Waals surface area (Å²) in [7, 11) is 1.64. The van der Waals surface area contributed by atoms with Gasteiger partial charge in [-0.1, -0.05) is 31.0 Å². The molecule has 3 aliphatic rings. The van der Waals surface area contributed by atoms with Gasteiger partial charge in [-0.2, -0.15) is 0 Å². The number of benzene rings is 2. The third-order valence-corrected chi connectivity index (χ3v) is 11.1. The minimum absolute atomic E-state index is 0.0213. The fraction of sp³-hybridized carbons (Fsp3) is 0.421. The van der Waals surface area contributed by atoms with E-state index in [-0.39, 0.29) is 35.7 Å². The number of nitrogens with two attached hydrogens (primary N) is 1. The maximum atomic E-state index is 14.0. The van der Waals surface area contributed by atoms with Crippen LogP contribution in [-0.2, 0) is 13.1 Å². The van der Waals surface area contributed by atoms with Gasteiger partial charge in [0.15, 0.2) is 5.82 Å². The number of pyridine rings is 1. The Balaban J connectivity index is 1.20. The molecular formula is C38H42ClN7O3. The molecule has 2 aliphatic heterocycles. The van der Waals surface area contributed by atoms with Crippen molar-refractivity contribution in [2.45, 2.75) is 58.3 Å². The molecule has 2 saturated heterocycles. The summed E-state index contributed by atoms with van der Waals surface area (Å²) in [6.07, 6.45) is 5.18. The maximum absolute atomic E-state index is 14.0. The van der Waals surface area contributed by atoms with Crippen LogP contribution >= 0.6 is 11.6 Å². The highest BCUT2D eigenvalue weighted by Crippen LogP contribution is 2.39. The van der Waals surface area contributed by atoms with Gasteiger partial charge in [0.1, 0.15) is 16.9 Å². The van der Waals surface area contributed by atoms with E-state index in [4.69, 9.17) is 32.0 Å². The Kier molecular flexibility index (Phi) is 8.11. The van der Waals surface area contributed by atoms with Gasteiger partial charge >= 0.3 is 0 Å². The van der Waals surface area contributed by atoms with Crippen LogP contribution in [0.2, 0.25) is 5.02 Å². The molecule has 2 amide bonds. The SMILES string of the molecule is CCC1CN(C(=O)c2cc(OC)c3c(c2)nc(-c2cc4cccnc4n2CC2CC2)n3CC2CN(C(=O)c3cccc(Cl)c3)C2)C(C)C1N. The van der Waals surface area contributed by atoms with E-state index in [2.05, 4.69) is 28.2 Å². The molecule has 10 nitrogen and oxygen atoms in total. The van der Waals surface area contributed by atoms with Crippen LogP contribution < -0.4 is 10.5 Å². The molecule has 0 bridgehead atoms. The highest BCUT2D eigenvalue weighted by atomic mass is 35.5. The minimum Gasteiger partial charge on any atom is -0.494 e. The van der Waals surface area contributed by atoms with Crippen molar-refractivity contribution < 1.29 is 14.3 Å². The molecule has 2 N–H and O–H groups in total. The van der Waals surface area contributed by atoms with Gasteiger partial charge in [0.25, 0.3) is 11.8 Å². The number of fused-ring (bicyclic) bond motifs is 2. The number of hydrogen-bond acceptors (Lipinski definition) is 6. The average molecular weight is 680 g/mol. The summed E-state index contributed by atoms with van der Waals surface area (Å²) in [4.78, 5) is 41.1. The van der Waals surface area contributed by atoms with E-state index in [1.54, 1.807) is 31.4 Å². The number of methoxy groups -OCH3 is 1. The predicted octanol–water partition coefficient (Wildman–Crippen LogP) is 6.10. The van der Waals surface area contributed by atoms with Crippen molar-refractivity contribution in [3.8, 4) is 17.3 Å². The van der Waals surface area contributed by atoms with Crippen molar-refractivity contribution in [3.05, 3.63) is 76.9 Å². The van der Waals surface area contributed by atoms with Gasteiger partial charge in [-0.15, -0.1) is 0 Å². The van der Waals surface area contributed by atoms with Crippen molar-refractivity contribution in [1.29, 1.82) is 0 Å². The van der Waals surface area contributed by atoms with Crippen LogP contribution in [0.25, 0.3) is 33.6 Å². The van der Waals surface area contributed by atoms with Crippen molar-refractivity contribution in [2.24, 2.45) is 23.5 Å². The Morgan fingerprint density at radius 3 is 2.47 bits per heavy atom. The number of nitrogens with zero attached hydrogens (tertiary/aromatic N) is 6. The Bertz CT molecular complexity index is 2080. The molecule has 0 spiro atoms. The van der Waals surface area contributed by atoms with Crippen LogP contribution in [0.3, 0.4) is 0 Å². The molecule has 3 aromatic heterocycles. The van der Waals surface area contributed by atoms with Crippen molar-refractivity contribution in [1.82, 2.24) is 28.9 Å². The summed E-state index contributed by atoms with van der Waals surface area (Å²) < 4.78 is 10.6. The second-order valence-electron chi connectivity index (χ2n) is 14.1. The predicted molar refractivity (Wildman–Crippen MR) is 191 cm³/mol. The Morgan fingerprint density at radius 2 is 1.76 bits per heavy atom. The molecule has 49 heavy (non-hydrogen) atoms. The third kappa shape index (κ3) is 5.64. The van der Waals surface area contributed by atoms with Crippen molar-refractivity contribution in [3.63, 3.8) is 0 Å². The minimum atomic E-state index is -0.0610. The molecule has 3 fully saturated rings. The molecule has 3 atom stereocenters. The van der Waals surface area contributed by atoms with Gasteiger partial charge < -0.3 is 29.4 Å². The Morgan fingerprint density at radius 1 is 0.959 bits per heavy atom. The van der Waals surface area contributed by atoms with Crippen LogP contribution in [0, 0.1) is 17.8 Å². The first-order valence-corrected chi connectivity index (χ1v) is 17.8. The van der Waals surface area contributed by atoms with Gasteiger partial charge in [0.2, 0.25) is 0 Å². The molecule has 5 aromatic rings. The fourth-order valence-corrected chi connectivity index (χ4v) is 7.98. The number of carbonyl (C=O) groups excluding carboxylic acids is 2. The number of rotatable bonds is 9. The highest BCUT2D eigenvalue weighted by molar-refractivity contribution is 6.31. The summed E-state index contributed by atoms with van der Waals surface area (Å²) >= 11 is 6.18. The number of carbonyl (C=O) groups is 2. The second-order valence-corrected chi connectivity index (χ2v) is 14.6. The molecule has 1 saturated carbocycles. The Hall–Kier alpha value is -4.41. The number of ether oxygens (including phenoxy) is 1. The van der Waals surface area contributed by atoms with E-state index in [1.165, 1.54) is 12.8 Å². The zero-order chi connectivity index (χ0) is 34.0. The largest absolute Gasteiger partial charge is 0.494 e. The summed E-state index contributed by atoms with van der Waals surface area (Å²) in [5.74, 6) is 2.40. The van der Waals surface area contributed by atoms with Gasteiger partial charge in [0.05, 0.1) is 18.3 Å². The quantitative estimate of drug-likeness (QED) is 0.202. The molecule has 254 valence electrons. The van der Waals surface area contributed by atoms with Crippen molar-refractivity contribution >= 4 is 45.5 Å². The summed E-state index contributed by atoms with van der Waals surface area (Å²) in [6, 6.07) is 17.0. The lowest BCUT2D eigenvalue weighted by atomic mass is 9.98. The number of aromatic nitrogens is 4. The van der Waals surface area contributed by atoms with Crippen LogP contribution in [-0.4, -0.2) is 79.5 Å². The van der Waals surface area contributed by atoms with E-state index in [0.29, 0.717) is 59.5 Å². The van der Waals surface area contributed by atoms with Gasteiger partial charge in [-0.25, -0.2) is 9.97 Å². The van der Waals surface area contributed by atoms with E-state index in [9.17, 15) is 9.59 Å². The average Bonchev–Trinajstić information content (AvgIpc) is 3.64. The number of imidazole rings is 1. The van der Waals surface area contributed by atoms with Crippen molar-refractivity contribution in [2.75, 3.05) is 26.7 Å². The molecule has 1 aliphatic carbocycles. The number of likely N-dealkylation sites (tertiary alicyclic amines) is 2. The van der Waals surface area contributed by atoms with E-state index >= 15 is 0 Å². The molecule has 5 heterocycles. The topological polar surface area (TPSA) is 112 Å². The molecule has 2 aromatic carbocycles. The van der Waals surface area contributed by atoms with Crippen LogP contribution in [0.5, 0.6) is 5.75 Å². The molecule has 3 unspecified atom stereocenters. The summed E-state index contributed by atoms with van der Waals surface area (Å²) in [5.41, 5.74) is 11.1. The third-order valence-electron chi connectivity index (χ3n) is 10.9. The normalized spacial score (nSPS) is 21.1. The Labute approximate surface area is 290 Å². The first-order chi connectivity index (χ1) is 23.7. The number of halogens is 1. The van der Waals surface area contributed by atoms with E-state index in [0.717, 1.165) is 41.0 Å². The van der Waals surface area contributed by atoms with Gasteiger partial charge in [-0.3, -0.25) is 9.59 Å². The number of hydrogen-bond donors (Lipinski definition) is 1. The summed E-state index contributed by atoms with van der Waals surface area (Å²) in [6.45, 7) is 7.52. The lowest BCUT2D eigenvalue weighted by Crippen LogP contribution is -2.51. The zero-order valence-corrected chi connectivity index (χ0v) is 28.9. The van der Waals surface area contributed by atoms with Crippen LogP contribution in [0.1, 0.15) is 53.8 Å². The van der Waals surface area contributed by atoms with Crippen LogP contribution in [0.4, 0.5) is 0 Å². The first kappa shape index (κ1) is 31.8. The number of amides is 2. The van der Waals surface area contributed by atoms with Gasteiger partial charge in [-0.05, 0) is 80.1 Å². The summed E-state index contributed by atoms with van der Waals surface area (Å²) in [5, 5.41) is 1.61. The lowest BCUT2D eigenvalue weighted by molar-refractivity contribution is 0.0471. The monoisotopic (exact) mass is 679 g/mol. The lowest BCUT2D eigenvalue weighted by Gasteiger charge is -2.40.